The van der Waals surface area contributed by atoms with E-state index in [1.54, 1.807) is 11.6 Å². The Morgan fingerprint density at radius 1 is 1.07 bits per heavy atom. The average Bonchev–Trinajstić information content (AvgIpc) is 3.63. The number of nitrogens with zero attached hydrogens (tertiary/aromatic N) is 5. The number of methoxy groups -OCH3 is 1. The first kappa shape index (κ1) is 29.4. The van der Waals surface area contributed by atoms with Gasteiger partial charge in [0.1, 0.15) is 35.0 Å². The number of imidazole rings is 1. The molecule has 0 radical (unpaired) electrons. The zero-order valence-electron chi connectivity index (χ0n) is 26.5. The lowest BCUT2D eigenvalue weighted by molar-refractivity contribution is -0.00316. The van der Waals surface area contributed by atoms with Crippen molar-refractivity contribution in [1.82, 2.24) is 19.5 Å². The van der Waals surface area contributed by atoms with Crippen molar-refractivity contribution in [2.75, 3.05) is 38.3 Å². The SMILES string of the molecule is C=C(OC(C)(C)C)N1CCN(c2ccc(OC)cc2)[C@H](COc2cc(CC)cc3oc(-c4cn5nc(C)ccc5n4)cc23)C1. The summed E-state index contributed by atoms with van der Waals surface area (Å²) in [4.78, 5) is 9.35. The summed E-state index contributed by atoms with van der Waals surface area (Å²) in [7, 11) is 1.69. The number of aryl methyl sites for hydroxylation is 2. The summed E-state index contributed by atoms with van der Waals surface area (Å²) in [5.41, 5.74) is 5.15. The number of piperazine rings is 1. The van der Waals surface area contributed by atoms with Gasteiger partial charge in [0.05, 0.1) is 30.4 Å². The maximum Gasteiger partial charge on any atom is 0.182 e. The van der Waals surface area contributed by atoms with Crippen LogP contribution in [0.25, 0.3) is 28.1 Å². The maximum atomic E-state index is 6.69. The van der Waals surface area contributed by atoms with Crippen LogP contribution in [0.2, 0.25) is 0 Å². The predicted octanol–water partition coefficient (Wildman–Crippen LogP) is 6.88. The predicted molar refractivity (Wildman–Crippen MR) is 173 cm³/mol. The van der Waals surface area contributed by atoms with Gasteiger partial charge in [-0.15, -0.1) is 0 Å². The summed E-state index contributed by atoms with van der Waals surface area (Å²) in [5, 5.41) is 5.46. The molecule has 0 unspecified atom stereocenters. The van der Waals surface area contributed by atoms with E-state index in [9.17, 15) is 0 Å². The molecule has 0 aliphatic carbocycles. The first-order valence-electron chi connectivity index (χ1n) is 15.2. The van der Waals surface area contributed by atoms with Crippen molar-refractivity contribution >= 4 is 22.3 Å². The van der Waals surface area contributed by atoms with Crippen LogP contribution in [0, 0.1) is 6.92 Å². The van der Waals surface area contributed by atoms with Gasteiger partial charge >= 0.3 is 0 Å². The van der Waals surface area contributed by atoms with E-state index >= 15 is 0 Å². The molecule has 1 atom stereocenters. The lowest BCUT2D eigenvalue weighted by Crippen LogP contribution is -2.55. The Balaban J connectivity index is 1.30. The number of hydrogen-bond donors (Lipinski definition) is 0. The zero-order chi connectivity index (χ0) is 31.0. The lowest BCUT2D eigenvalue weighted by atomic mass is 10.1. The van der Waals surface area contributed by atoms with Gasteiger partial charge in [-0.2, -0.15) is 5.10 Å². The number of hydrogen-bond acceptors (Lipinski definition) is 8. The quantitative estimate of drug-likeness (QED) is 0.171. The third-order valence-corrected chi connectivity index (χ3v) is 7.87. The van der Waals surface area contributed by atoms with Crippen molar-refractivity contribution in [2.45, 2.75) is 52.7 Å². The molecule has 1 fully saturated rings. The highest BCUT2D eigenvalue weighted by molar-refractivity contribution is 5.88. The molecule has 44 heavy (non-hydrogen) atoms. The molecule has 0 saturated carbocycles. The van der Waals surface area contributed by atoms with Crippen molar-refractivity contribution in [2.24, 2.45) is 0 Å². The number of furan rings is 1. The Morgan fingerprint density at radius 2 is 1.86 bits per heavy atom. The second-order valence-corrected chi connectivity index (χ2v) is 12.3. The van der Waals surface area contributed by atoms with Gasteiger partial charge < -0.3 is 28.4 Å². The van der Waals surface area contributed by atoms with Gasteiger partial charge in [0.15, 0.2) is 17.3 Å². The van der Waals surface area contributed by atoms with E-state index in [1.165, 1.54) is 0 Å². The average molecular weight is 596 g/mol. The minimum Gasteiger partial charge on any atom is -0.497 e. The van der Waals surface area contributed by atoms with Crippen LogP contribution >= 0.6 is 0 Å². The van der Waals surface area contributed by atoms with Crippen LogP contribution in [0.1, 0.15) is 39.0 Å². The van der Waals surface area contributed by atoms with Crippen LogP contribution in [0.5, 0.6) is 11.5 Å². The Kier molecular flexibility index (Phi) is 7.88. The third kappa shape index (κ3) is 6.18. The van der Waals surface area contributed by atoms with Crippen LogP contribution in [-0.4, -0.2) is 64.5 Å². The molecule has 4 heterocycles. The molecule has 0 amide bonds. The first-order valence-corrected chi connectivity index (χ1v) is 15.2. The molecular weight excluding hydrogens is 554 g/mol. The molecule has 2 aromatic carbocycles. The summed E-state index contributed by atoms with van der Waals surface area (Å²) in [6.45, 7) is 17.3. The Morgan fingerprint density at radius 3 is 2.59 bits per heavy atom. The number of benzene rings is 2. The maximum absolute atomic E-state index is 6.69. The van der Waals surface area contributed by atoms with Crippen molar-refractivity contribution in [1.29, 1.82) is 0 Å². The van der Waals surface area contributed by atoms with Gasteiger partial charge in [0.25, 0.3) is 0 Å². The molecular formula is C35H41N5O4. The molecule has 1 saturated heterocycles. The lowest BCUT2D eigenvalue weighted by Gasteiger charge is -2.44. The summed E-state index contributed by atoms with van der Waals surface area (Å²) in [6, 6.07) is 18.4. The van der Waals surface area contributed by atoms with Crippen LogP contribution in [0.15, 0.2) is 77.7 Å². The fourth-order valence-corrected chi connectivity index (χ4v) is 5.65. The third-order valence-electron chi connectivity index (χ3n) is 7.87. The topological polar surface area (TPSA) is 77.5 Å². The molecule has 5 aromatic rings. The van der Waals surface area contributed by atoms with Crippen LogP contribution in [0.4, 0.5) is 5.69 Å². The number of ether oxygens (including phenoxy) is 3. The summed E-state index contributed by atoms with van der Waals surface area (Å²) in [5.74, 6) is 2.99. The first-order chi connectivity index (χ1) is 21.1. The van der Waals surface area contributed by atoms with E-state index in [0.717, 1.165) is 70.3 Å². The Labute approximate surface area is 258 Å². The van der Waals surface area contributed by atoms with Gasteiger partial charge in [0, 0.05) is 25.3 Å². The monoisotopic (exact) mass is 595 g/mol. The minimum absolute atomic E-state index is 0.0388. The molecule has 9 heteroatoms. The van der Waals surface area contributed by atoms with Gasteiger partial charge in [-0.25, -0.2) is 9.50 Å². The highest BCUT2D eigenvalue weighted by Gasteiger charge is 2.31. The van der Waals surface area contributed by atoms with E-state index in [4.69, 9.17) is 23.6 Å². The fraction of sp³-hybridized carbons (Fsp3) is 0.371. The van der Waals surface area contributed by atoms with E-state index in [2.05, 4.69) is 52.7 Å². The van der Waals surface area contributed by atoms with Crippen LogP contribution in [0.3, 0.4) is 0 Å². The molecule has 0 spiro atoms. The second-order valence-electron chi connectivity index (χ2n) is 12.3. The standard InChI is InChI=1S/C35H41N5O4/c1-8-25-17-31(29-19-33(43-32(29)18-25)30-21-40-34(36-30)14-9-23(2)37-40)42-22-27-20-38(24(3)44-35(4,5)6)15-16-39(27)26-10-12-28(41-7)13-11-26/h9-14,17-19,21,27H,3,8,15-16,20,22H2,1-2,4-7H3/t27-/m0/s1. The molecule has 1 aliphatic heterocycles. The number of anilines is 1. The van der Waals surface area contributed by atoms with Crippen molar-refractivity contribution in [3.8, 4) is 23.0 Å². The van der Waals surface area contributed by atoms with Crippen LogP contribution in [-0.2, 0) is 11.2 Å². The van der Waals surface area contributed by atoms with Crippen LogP contribution < -0.4 is 14.4 Å². The largest absolute Gasteiger partial charge is 0.497 e. The second kappa shape index (κ2) is 11.8. The van der Waals surface area contributed by atoms with E-state index in [0.29, 0.717) is 24.8 Å². The molecule has 0 bridgehead atoms. The summed E-state index contributed by atoms with van der Waals surface area (Å²) < 4.78 is 26.4. The molecule has 1 aliphatic rings. The summed E-state index contributed by atoms with van der Waals surface area (Å²) in [6.07, 6.45) is 2.76. The smallest absolute Gasteiger partial charge is 0.182 e. The Bertz CT molecular complexity index is 1780. The minimum atomic E-state index is -0.322. The number of rotatable bonds is 9. The van der Waals surface area contributed by atoms with Crippen molar-refractivity contribution in [3.63, 3.8) is 0 Å². The molecule has 230 valence electrons. The van der Waals surface area contributed by atoms with Crippen molar-refractivity contribution < 1.29 is 18.6 Å². The fourth-order valence-electron chi connectivity index (χ4n) is 5.65. The molecule has 0 N–H and O–H groups in total. The van der Waals surface area contributed by atoms with Gasteiger partial charge in [-0.1, -0.05) is 6.92 Å². The number of fused-ring (bicyclic) bond motifs is 2. The molecule has 9 nitrogen and oxygen atoms in total. The van der Waals surface area contributed by atoms with Crippen molar-refractivity contribution in [3.05, 3.63) is 84.5 Å². The van der Waals surface area contributed by atoms with Gasteiger partial charge in [-0.3, -0.25) is 0 Å². The summed E-state index contributed by atoms with van der Waals surface area (Å²) >= 11 is 0. The molecule has 3 aromatic heterocycles. The van der Waals surface area contributed by atoms with Gasteiger partial charge in [-0.05, 0) is 101 Å². The Hall–Kier alpha value is -4.66. The highest BCUT2D eigenvalue weighted by Crippen LogP contribution is 2.35. The van der Waals surface area contributed by atoms with E-state index in [1.807, 2.05) is 64.2 Å². The number of aromatic nitrogens is 3. The van der Waals surface area contributed by atoms with Gasteiger partial charge in [0.2, 0.25) is 0 Å². The highest BCUT2D eigenvalue weighted by atomic mass is 16.5. The normalized spacial score (nSPS) is 15.6. The molecule has 6 rings (SSSR count). The zero-order valence-corrected chi connectivity index (χ0v) is 26.5. The van der Waals surface area contributed by atoms with E-state index in [-0.39, 0.29) is 11.6 Å². The van der Waals surface area contributed by atoms with E-state index < -0.39 is 0 Å².